The van der Waals surface area contributed by atoms with E-state index < -0.39 is 0 Å². The minimum atomic E-state index is -0.290. The summed E-state index contributed by atoms with van der Waals surface area (Å²) in [5.74, 6) is 0.0904. The lowest BCUT2D eigenvalue weighted by atomic mass is 9.99. The van der Waals surface area contributed by atoms with Crippen molar-refractivity contribution in [2.75, 3.05) is 0 Å². The lowest BCUT2D eigenvalue weighted by Gasteiger charge is -2.07. The highest BCUT2D eigenvalue weighted by atomic mass is 19.1. The molecule has 2 N–H and O–H groups in total. The standard InChI is InChI=1S/C19H15FO2/c20-19-12-14(11-13-1-6-16(21)7-2-13)3-10-18(19)15-4-8-17(22)9-5-15/h1-10,12,21-22H,11H2. The van der Waals surface area contributed by atoms with E-state index >= 15 is 0 Å². The molecule has 0 aromatic heterocycles. The van der Waals surface area contributed by atoms with Gasteiger partial charge in [-0.05, 0) is 53.4 Å². The molecule has 0 unspecified atom stereocenters. The van der Waals surface area contributed by atoms with Gasteiger partial charge in [0.2, 0.25) is 0 Å². The van der Waals surface area contributed by atoms with Gasteiger partial charge in [0, 0.05) is 5.56 Å². The number of phenolic OH excluding ortho intramolecular Hbond substituents is 2. The Hall–Kier alpha value is -2.81. The van der Waals surface area contributed by atoms with Crippen LogP contribution in [0.25, 0.3) is 11.1 Å². The van der Waals surface area contributed by atoms with Gasteiger partial charge in [0.1, 0.15) is 17.3 Å². The van der Waals surface area contributed by atoms with E-state index in [2.05, 4.69) is 0 Å². The van der Waals surface area contributed by atoms with Gasteiger partial charge in [-0.15, -0.1) is 0 Å². The minimum Gasteiger partial charge on any atom is -0.508 e. The van der Waals surface area contributed by atoms with Gasteiger partial charge in [-0.2, -0.15) is 0 Å². The van der Waals surface area contributed by atoms with E-state index in [1.54, 1.807) is 42.5 Å². The van der Waals surface area contributed by atoms with Crippen LogP contribution in [0.4, 0.5) is 4.39 Å². The quantitative estimate of drug-likeness (QED) is 0.747. The summed E-state index contributed by atoms with van der Waals surface area (Å²) in [7, 11) is 0. The summed E-state index contributed by atoms with van der Waals surface area (Å²) in [5.41, 5.74) is 3.11. The Labute approximate surface area is 128 Å². The molecule has 3 aromatic rings. The maximum absolute atomic E-state index is 14.3. The van der Waals surface area contributed by atoms with Crippen LogP contribution in [0.3, 0.4) is 0 Å². The van der Waals surface area contributed by atoms with Crippen molar-refractivity contribution >= 4 is 0 Å². The third-order valence-electron chi connectivity index (χ3n) is 3.56. The molecular weight excluding hydrogens is 279 g/mol. The second-order valence-electron chi connectivity index (χ2n) is 5.20. The van der Waals surface area contributed by atoms with Crippen LogP contribution >= 0.6 is 0 Å². The van der Waals surface area contributed by atoms with Crippen LogP contribution in [-0.4, -0.2) is 10.2 Å². The van der Waals surface area contributed by atoms with Crippen molar-refractivity contribution in [3.05, 3.63) is 83.7 Å². The molecule has 2 nitrogen and oxygen atoms in total. The van der Waals surface area contributed by atoms with Gasteiger partial charge in [0.15, 0.2) is 0 Å². The van der Waals surface area contributed by atoms with Gasteiger partial charge in [0.05, 0.1) is 0 Å². The number of rotatable bonds is 3. The minimum absolute atomic E-state index is 0.160. The fourth-order valence-corrected chi connectivity index (χ4v) is 2.39. The SMILES string of the molecule is Oc1ccc(Cc2ccc(-c3ccc(O)cc3)c(F)c2)cc1. The van der Waals surface area contributed by atoms with Crippen LogP contribution in [0.5, 0.6) is 11.5 Å². The third kappa shape index (κ3) is 3.09. The number of halogens is 1. The Bertz CT molecular complexity index is 778. The van der Waals surface area contributed by atoms with E-state index in [9.17, 15) is 14.6 Å². The van der Waals surface area contributed by atoms with E-state index in [4.69, 9.17) is 0 Å². The van der Waals surface area contributed by atoms with Crippen molar-refractivity contribution in [2.45, 2.75) is 6.42 Å². The van der Waals surface area contributed by atoms with Crippen molar-refractivity contribution < 1.29 is 14.6 Å². The van der Waals surface area contributed by atoms with E-state index in [0.717, 1.165) is 16.7 Å². The first kappa shape index (κ1) is 14.1. The number of aromatic hydroxyl groups is 2. The van der Waals surface area contributed by atoms with Crippen molar-refractivity contribution in [3.63, 3.8) is 0 Å². The molecule has 0 bridgehead atoms. The molecule has 0 amide bonds. The van der Waals surface area contributed by atoms with Crippen LogP contribution in [0.15, 0.2) is 66.7 Å². The Morgan fingerprint density at radius 1 is 0.682 bits per heavy atom. The molecule has 0 saturated heterocycles. The zero-order valence-electron chi connectivity index (χ0n) is 11.8. The molecule has 0 saturated carbocycles. The molecule has 0 aliphatic rings. The smallest absolute Gasteiger partial charge is 0.131 e. The van der Waals surface area contributed by atoms with E-state index in [1.807, 2.05) is 18.2 Å². The summed E-state index contributed by atoms with van der Waals surface area (Å²) >= 11 is 0. The Morgan fingerprint density at radius 2 is 1.23 bits per heavy atom. The van der Waals surface area contributed by atoms with E-state index in [0.29, 0.717) is 12.0 Å². The maximum Gasteiger partial charge on any atom is 0.131 e. The largest absolute Gasteiger partial charge is 0.508 e. The molecule has 3 rings (SSSR count). The van der Waals surface area contributed by atoms with Crippen molar-refractivity contribution in [3.8, 4) is 22.6 Å². The van der Waals surface area contributed by atoms with Gasteiger partial charge in [0.25, 0.3) is 0 Å². The molecule has 0 radical (unpaired) electrons. The molecule has 0 spiro atoms. The first-order chi connectivity index (χ1) is 10.6. The van der Waals surface area contributed by atoms with E-state index in [-0.39, 0.29) is 17.3 Å². The first-order valence-corrected chi connectivity index (χ1v) is 6.97. The van der Waals surface area contributed by atoms with Gasteiger partial charge in [-0.3, -0.25) is 0 Å². The average Bonchev–Trinajstić information content (AvgIpc) is 2.51. The van der Waals surface area contributed by atoms with Crippen LogP contribution in [0.1, 0.15) is 11.1 Å². The highest BCUT2D eigenvalue weighted by Gasteiger charge is 2.07. The van der Waals surface area contributed by atoms with Crippen LogP contribution < -0.4 is 0 Å². The summed E-state index contributed by atoms with van der Waals surface area (Å²) in [6.45, 7) is 0. The van der Waals surface area contributed by atoms with Gasteiger partial charge in [-0.1, -0.05) is 36.4 Å². The second-order valence-corrected chi connectivity index (χ2v) is 5.20. The Kier molecular flexibility index (Phi) is 3.79. The maximum atomic E-state index is 14.3. The zero-order chi connectivity index (χ0) is 15.5. The zero-order valence-corrected chi connectivity index (χ0v) is 11.8. The van der Waals surface area contributed by atoms with Crippen LogP contribution in [0.2, 0.25) is 0 Å². The molecule has 22 heavy (non-hydrogen) atoms. The molecule has 0 heterocycles. The predicted molar refractivity (Wildman–Crippen MR) is 84.4 cm³/mol. The summed E-state index contributed by atoms with van der Waals surface area (Å²) in [5, 5.41) is 18.6. The monoisotopic (exact) mass is 294 g/mol. The lowest BCUT2D eigenvalue weighted by Crippen LogP contribution is -1.91. The number of phenols is 2. The molecule has 3 aromatic carbocycles. The van der Waals surface area contributed by atoms with Gasteiger partial charge in [-0.25, -0.2) is 4.39 Å². The number of benzene rings is 3. The summed E-state index contributed by atoms with van der Waals surface area (Å²) in [6, 6.07) is 18.5. The predicted octanol–water partition coefficient (Wildman–Crippen LogP) is 4.49. The summed E-state index contributed by atoms with van der Waals surface area (Å²) in [6.07, 6.45) is 0.604. The molecule has 0 atom stereocenters. The number of hydrogen-bond acceptors (Lipinski definition) is 2. The van der Waals surface area contributed by atoms with Crippen molar-refractivity contribution in [2.24, 2.45) is 0 Å². The second kappa shape index (κ2) is 5.90. The van der Waals surface area contributed by atoms with Crippen molar-refractivity contribution in [1.82, 2.24) is 0 Å². The van der Waals surface area contributed by atoms with Crippen LogP contribution in [0, 0.1) is 5.82 Å². The lowest BCUT2D eigenvalue weighted by molar-refractivity contribution is 0.474. The Balaban J connectivity index is 1.85. The molecule has 0 aliphatic heterocycles. The highest BCUT2D eigenvalue weighted by Crippen LogP contribution is 2.26. The summed E-state index contributed by atoms with van der Waals surface area (Å²) in [4.78, 5) is 0. The van der Waals surface area contributed by atoms with Crippen LogP contribution in [-0.2, 0) is 6.42 Å². The van der Waals surface area contributed by atoms with Gasteiger partial charge >= 0.3 is 0 Å². The van der Waals surface area contributed by atoms with E-state index in [1.165, 1.54) is 6.07 Å². The average molecular weight is 294 g/mol. The van der Waals surface area contributed by atoms with Gasteiger partial charge < -0.3 is 10.2 Å². The summed E-state index contributed by atoms with van der Waals surface area (Å²) < 4.78 is 14.3. The molecular formula is C19H15FO2. The topological polar surface area (TPSA) is 40.5 Å². The normalized spacial score (nSPS) is 10.6. The fraction of sp³-hybridized carbons (Fsp3) is 0.0526. The highest BCUT2D eigenvalue weighted by molar-refractivity contribution is 5.65. The Morgan fingerprint density at radius 3 is 1.82 bits per heavy atom. The third-order valence-corrected chi connectivity index (χ3v) is 3.56. The fourth-order valence-electron chi connectivity index (χ4n) is 2.39. The number of hydrogen-bond donors (Lipinski definition) is 2. The first-order valence-electron chi connectivity index (χ1n) is 6.97. The molecule has 0 aliphatic carbocycles. The molecule has 3 heteroatoms. The molecule has 0 fully saturated rings. The van der Waals surface area contributed by atoms with Crippen molar-refractivity contribution in [1.29, 1.82) is 0 Å². The molecule has 110 valence electrons.